The highest BCUT2D eigenvalue weighted by molar-refractivity contribution is 6.07. The van der Waals surface area contributed by atoms with Gasteiger partial charge in [-0.2, -0.15) is 0 Å². The van der Waals surface area contributed by atoms with Crippen molar-refractivity contribution in [3.05, 3.63) is 59.4 Å². The summed E-state index contributed by atoms with van der Waals surface area (Å²) >= 11 is 0. The van der Waals surface area contributed by atoms with E-state index >= 15 is 0 Å². The first kappa shape index (κ1) is 20.4. The van der Waals surface area contributed by atoms with Crippen molar-refractivity contribution in [1.29, 1.82) is 0 Å². The minimum absolute atomic E-state index is 0.240. The van der Waals surface area contributed by atoms with E-state index in [-0.39, 0.29) is 17.7 Å². The molecular weight excluding hydrogens is 396 g/mol. The average Bonchev–Trinajstić information content (AvgIpc) is 2.85. The lowest BCUT2D eigenvalue weighted by Crippen LogP contribution is -2.40. The van der Waals surface area contributed by atoms with Gasteiger partial charge in [0.25, 0.3) is 5.91 Å². The number of carbonyl (C=O) groups is 2. The van der Waals surface area contributed by atoms with Crippen LogP contribution >= 0.6 is 0 Å². The normalized spacial score (nSPS) is 19.3. The molecule has 1 atom stereocenters. The highest BCUT2D eigenvalue weighted by atomic mass is 19.4. The third kappa shape index (κ3) is 4.10. The van der Waals surface area contributed by atoms with Crippen LogP contribution in [0.4, 0.5) is 22.4 Å². The summed E-state index contributed by atoms with van der Waals surface area (Å²) in [6, 6.07) is 7.59. The number of amides is 3. The predicted molar refractivity (Wildman–Crippen MR) is 92.5 cm³/mol. The maximum atomic E-state index is 13.6. The smallest absolute Gasteiger partial charge is 0.496 e. The Morgan fingerprint density at radius 2 is 1.76 bits per heavy atom. The number of carbonyl (C=O) groups excluding carboxylic acids is 2. The van der Waals surface area contributed by atoms with Gasteiger partial charge in [-0.15, -0.1) is 13.2 Å². The molecule has 2 aromatic rings. The van der Waals surface area contributed by atoms with Gasteiger partial charge in [0.15, 0.2) is 0 Å². The predicted octanol–water partition coefficient (Wildman–Crippen LogP) is 3.70. The number of hydrogen-bond acceptors (Lipinski definition) is 4. The Labute approximate surface area is 163 Å². The molecule has 1 aliphatic rings. The van der Waals surface area contributed by atoms with Crippen molar-refractivity contribution < 1.29 is 36.6 Å². The zero-order chi connectivity index (χ0) is 21.4. The SMILES string of the molecule is COc1ccc(F)cc1CN1C(=O)NC(C)(c2ccc(OC(F)(F)F)cc2)C1=O. The van der Waals surface area contributed by atoms with Gasteiger partial charge in [0.05, 0.1) is 13.7 Å². The van der Waals surface area contributed by atoms with E-state index < -0.39 is 35.4 Å². The Bertz CT molecular complexity index is 946. The van der Waals surface area contributed by atoms with Crippen LogP contribution in [-0.4, -0.2) is 30.3 Å². The number of halogens is 4. The summed E-state index contributed by atoms with van der Waals surface area (Å²) in [5.74, 6) is -1.36. The Morgan fingerprint density at radius 3 is 2.34 bits per heavy atom. The Balaban J connectivity index is 1.85. The number of rotatable bonds is 5. The average molecular weight is 412 g/mol. The van der Waals surface area contributed by atoms with E-state index in [0.29, 0.717) is 5.75 Å². The molecule has 1 aliphatic heterocycles. The van der Waals surface area contributed by atoms with Crippen LogP contribution in [0.25, 0.3) is 0 Å². The number of nitrogens with one attached hydrogen (secondary N) is 1. The summed E-state index contributed by atoms with van der Waals surface area (Å²) < 4.78 is 59.4. The second-order valence-electron chi connectivity index (χ2n) is 6.47. The molecule has 1 fully saturated rings. The number of methoxy groups -OCH3 is 1. The van der Waals surface area contributed by atoms with E-state index in [1.165, 1.54) is 38.3 Å². The molecule has 0 aromatic heterocycles. The molecule has 3 amide bonds. The molecule has 1 heterocycles. The molecule has 0 saturated carbocycles. The summed E-state index contributed by atoms with van der Waals surface area (Å²) in [5, 5.41) is 2.53. The van der Waals surface area contributed by atoms with Gasteiger partial charge in [0.2, 0.25) is 0 Å². The molecule has 3 rings (SSSR count). The van der Waals surface area contributed by atoms with Crippen molar-refractivity contribution in [3.8, 4) is 11.5 Å². The molecule has 2 aromatic carbocycles. The lowest BCUT2D eigenvalue weighted by Gasteiger charge is -2.23. The van der Waals surface area contributed by atoms with Crippen molar-refractivity contribution in [3.63, 3.8) is 0 Å². The molecular formula is C19H16F4N2O4. The van der Waals surface area contributed by atoms with Crippen LogP contribution in [0.2, 0.25) is 0 Å². The molecule has 154 valence electrons. The third-order valence-electron chi connectivity index (χ3n) is 4.51. The number of urea groups is 1. The Hall–Kier alpha value is -3.30. The number of benzene rings is 2. The standard InChI is InChI=1S/C19H16F4N2O4/c1-18(12-3-6-14(7-4-12)29-19(21,22)23)16(26)25(17(27)24-18)10-11-9-13(20)5-8-15(11)28-2/h3-9H,10H2,1-2H3,(H,24,27). The van der Waals surface area contributed by atoms with E-state index in [0.717, 1.165) is 23.1 Å². The third-order valence-corrected chi connectivity index (χ3v) is 4.51. The Kier molecular flexibility index (Phi) is 5.12. The number of alkyl halides is 3. The molecule has 0 aliphatic carbocycles. The Morgan fingerprint density at radius 1 is 1.10 bits per heavy atom. The number of ether oxygens (including phenoxy) is 2. The molecule has 0 radical (unpaired) electrons. The van der Waals surface area contributed by atoms with E-state index in [4.69, 9.17) is 4.74 Å². The van der Waals surface area contributed by atoms with Crippen molar-refractivity contribution in [2.45, 2.75) is 25.4 Å². The topological polar surface area (TPSA) is 67.9 Å². The van der Waals surface area contributed by atoms with E-state index in [2.05, 4.69) is 10.1 Å². The first-order valence-corrected chi connectivity index (χ1v) is 8.36. The van der Waals surface area contributed by atoms with Crippen LogP contribution in [-0.2, 0) is 16.9 Å². The van der Waals surface area contributed by atoms with Crippen LogP contribution in [0.1, 0.15) is 18.1 Å². The summed E-state index contributed by atoms with van der Waals surface area (Å²) in [5.41, 5.74) is -0.956. The number of nitrogens with zero attached hydrogens (tertiary/aromatic N) is 1. The van der Waals surface area contributed by atoms with Gasteiger partial charge in [-0.25, -0.2) is 9.18 Å². The van der Waals surface area contributed by atoms with Crippen LogP contribution in [0.3, 0.4) is 0 Å². The molecule has 1 saturated heterocycles. The van der Waals surface area contributed by atoms with Gasteiger partial charge in [0, 0.05) is 5.56 Å². The summed E-state index contributed by atoms with van der Waals surface area (Å²) in [4.78, 5) is 26.2. The van der Waals surface area contributed by atoms with E-state index in [9.17, 15) is 27.2 Å². The monoisotopic (exact) mass is 412 g/mol. The lowest BCUT2D eigenvalue weighted by molar-refractivity contribution is -0.274. The lowest BCUT2D eigenvalue weighted by atomic mass is 9.92. The minimum Gasteiger partial charge on any atom is -0.496 e. The van der Waals surface area contributed by atoms with E-state index in [1.54, 1.807) is 0 Å². The zero-order valence-corrected chi connectivity index (χ0v) is 15.3. The molecule has 10 heteroatoms. The maximum absolute atomic E-state index is 13.6. The summed E-state index contributed by atoms with van der Waals surface area (Å²) in [6.45, 7) is 1.19. The number of imide groups is 1. The van der Waals surface area contributed by atoms with Crippen LogP contribution in [0.5, 0.6) is 11.5 Å². The largest absolute Gasteiger partial charge is 0.573 e. The molecule has 0 bridgehead atoms. The fourth-order valence-electron chi connectivity index (χ4n) is 3.07. The van der Waals surface area contributed by atoms with Gasteiger partial charge in [-0.1, -0.05) is 12.1 Å². The first-order chi connectivity index (χ1) is 13.5. The molecule has 29 heavy (non-hydrogen) atoms. The van der Waals surface area contributed by atoms with Crippen molar-refractivity contribution in [1.82, 2.24) is 10.2 Å². The van der Waals surface area contributed by atoms with Crippen molar-refractivity contribution >= 4 is 11.9 Å². The van der Waals surface area contributed by atoms with Crippen LogP contribution in [0.15, 0.2) is 42.5 Å². The fourth-order valence-corrected chi connectivity index (χ4v) is 3.07. The van der Waals surface area contributed by atoms with Crippen molar-refractivity contribution in [2.24, 2.45) is 0 Å². The maximum Gasteiger partial charge on any atom is 0.573 e. The van der Waals surface area contributed by atoms with E-state index in [1.807, 2.05) is 0 Å². The molecule has 1 unspecified atom stereocenters. The molecule has 0 spiro atoms. The highest BCUT2D eigenvalue weighted by Gasteiger charge is 2.49. The van der Waals surface area contributed by atoms with Gasteiger partial charge in [-0.3, -0.25) is 9.69 Å². The van der Waals surface area contributed by atoms with Gasteiger partial charge in [-0.05, 0) is 42.8 Å². The first-order valence-electron chi connectivity index (χ1n) is 8.36. The minimum atomic E-state index is -4.84. The fraction of sp³-hybridized carbons (Fsp3) is 0.263. The highest BCUT2D eigenvalue weighted by Crippen LogP contribution is 2.33. The number of hydrogen-bond donors (Lipinski definition) is 1. The van der Waals surface area contributed by atoms with Gasteiger partial charge >= 0.3 is 12.4 Å². The molecule has 1 N–H and O–H groups in total. The second-order valence-corrected chi connectivity index (χ2v) is 6.47. The van der Waals surface area contributed by atoms with Gasteiger partial charge in [0.1, 0.15) is 22.9 Å². The second kappa shape index (κ2) is 7.26. The zero-order valence-electron chi connectivity index (χ0n) is 15.3. The quantitative estimate of drug-likeness (QED) is 0.601. The summed E-state index contributed by atoms with van der Waals surface area (Å²) in [7, 11) is 1.37. The summed E-state index contributed by atoms with van der Waals surface area (Å²) in [6.07, 6.45) is -4.84. The van der Waals surface area contributed by atoms with Gasteiger partial charge < -0.3 is 14.8 Å². The molecule has 6 nitrogen and oxygen atoms in total. The van der Waals surface area contributed by atoms with Crippen molar-refractivity contribution in [2.75, 3.05) is 7.11 Å². The van der Waals surface area contributed by atoms with Crippen LogP contribution in [0, 0.1) is 5.82 Å². The van der Waals surface area contributed by atoms with Crippen LogP contribution < -0.4 is 14.8 Å².